The molecule has 2 heterocycles. The monoisotopic (exact) mass is 276 g/mol. The average molecular weight is 276 g/mol. The first-order chi connectivity index (χ1) is 9.20. The van der Waals surface area contributed by atoms with Gasteiger partial charge < -0.3 is 0 Å². The van der Waals surface area contributed by atoms with Gasteiger partial charge in [0.1, 0.15) is 23.8 Å². The molecule has 2 rings (SSSR count). The van der Waals surface area contributed by atoms with E-state index in [4.69, 9.17) is 0 Å². The van der Waals surface area contributed by atoms with Crippen LogP contribution in [0.2, 0.25) is 0 Å². The highest BCUT2D eigenvalue weighted by Crippen LogP contribution is 2.26. The lowest BCUT2D eigenvalue weighted by atomic mass is 9.88. The maximum Gasteiger partial charge on any atom is 0.147 e. The lowest BCUT2D eigenvalue weighted by molar-refractivity contribution is 0.380. The summed E-state index contributed by atoms with van der Waals surface area (Å²) in [7, 11) is 0. The van der Waals surface area contributed by atoms with Crippen LogP contribution < -0.4 is 0 Å². The van der Waals surface area contributed by atoms with E-state index in [1.165, 1.54) is 0 Å². The van der Waals surface area contributed by atoms with Gasteiger partial charge in [-0.25, -0.2) is 14.6 Å². The van der Waals surface area contributed by atoms with Crippen LogP contribution in [0.4, 0.5) is 0 Å². The Morgan fingerprint density at radius 2 is 1.90 bits per heavy atom. The van der Waals surface area contributed by atoms with Crippen molar-refractivity contribution < 1.29 is 0 Å². The highest BCUT2D eigenvalue weighted by Gasteiger charge is 2.26. The Hall–Kier alpha value is -1.72. The zero-order valence-electron chi connectivity index (χ0n) is 13.2. The molecule has 0 unspecified atom stereocenters. The van der Waals surface area contributed by atoms with Crippen LogP contribution in [0.1, 0.15) is 58.5 Å². The molecule has 110 valence electrons. The smallest absolute Gasteiger partial charge is 0.147 e. The molecule has 20 heavy (non-hydrogen) atoms. The van der Waals surface area contributed by atoms with Crippen molar-refractivity contribution in [1.82, 2.24) is 29.9 Å². The predicted octanol–water partition coefficient (Wildman–Crippen LogP) is 2.37. The molecule has 0 atom stereocenters. The topological polar surface area (TPSA) is 72.3 Å². The van der Waals surface area contributed by atoms with Gasteiger partial charge in [0.2, 0.25) is 0 Å². The van der Waals surface area contributed by atoms with E-state index >= 15 is 0 Å². The van der Waals surface area contributed by atoms with E-state index in [0.717, 1.165) is 30.4 Å². The SMILES string of the molecule is Cc1nc(C(C)(C)C)n(CCC(C)(C)c2ncn[nH]2)n1. The van der Waals surface area contributed by atoms with Crippen molar-refractivity contribution in [3.05, 3.63) is 23.8 Å². The minimum absolute atomic E-state index is 0.00234. The highest BCUT2D eigenvalue weighted by atomic mass is 15.3. The highest BCUT2D eigenvalue weighted by molar-refractivity contribution is 5.05. The molecular weight excluding hydrogens is 252 g/mol. The Labute approximate surface area is 120 Å². The van der Waals surface area contributed by atoms with Gasteiger partial charge in [0.05, 0.1) is 0 Å². The number of aromatic amines is 1. The molecule has 0 amide bonds. The third-order valence-corrected chi connectivity index (χ3v) is 3.45. The Morgan fingerprint density at radius 3 is 2.45 bits per heavy atom. The third-order valence-electron chi connectivity index (χ3n) is 3.45. The Morgan fingerprint density at radius 1 is 1.20 bits per heavy atom. The molecule has 2 aromatic heterocycles. The predicted molar refractivity (Wildman–Crippen MR) is 77.5 cm³/mol. The summed E-state index contributed by atoms with van der Waals surface area (Å²) in [6, 6.07) is 0. The molecule has 0 saturated carbocycles. The van der Waals surface area contributed by atoms with E-state index in [-0.39, 0.29) is 10.8 Å². The maximum absolute atomic E-state index is 4.56. The number of H-pyrrole nitrogens is 1. The van der Waals surface area contributed by atoms with Crippen molar-refractivity contribution >= 4 is 0 Å². The van der Waals surface area contributed by atoms with Crippen LogP contribution in [0, 0.1) is 6.92 Å². The summed E-state index contributed by atoms with van der Waals surface area (Å²) in [6.45, 7) is 13.6. The fraction of sp³-hybridized carbons (Fsp3) is 0.714. The fourth-order valence-corrected chi connectivity index (χ4v) is 2.20. The first-order valence-electron chi connectivity index (χ1n) is 6.98. The molecule has 0 fully saturated rings. The molecule has 6 heteroatoms. The van der Waals surface area contributed by atoms with Crippen LogP contribution in [-0.4, -0.2) is 29.9 Å². The zero-order chi connectivity index (χ0) is 15.0. The van der Waals surface area contributed by atoms with Crippen molar-refractivity contribution in [1.29, 1.82) is 0 Å². The summed E-state index contributed by atoms with van der Waals surface area (Å²) >= 11 is 0. The van der Waals surface area contributed by atoms with Crippen molar-refractivity contribution in [2.75, 3.05) is 0 Å². The van der Waals surface area contributed by atoms with Crippen LogP contribution in [-0.2, 0) is 17.4 Å². The maximum atomic E-state index is 4.56. The van der Waals surface area contributed by atoms with Gasteiger partial charge in [0.15, 0.2) is 0 Å². The van der Waals surface area contributed by atoms with Crippen LogP contribution in [0.3, 0.4) is 0 Å². The molecule has 0 saturated heterocycles. The molecule has 6 nitrogen and oxygen atoms in total. The quantitative estimate of drug-likeness (QED) is 0.930. The van der Waals surface area contributed by atoms with Crippen LogP contribution >= 0.6 is 0 Å². The summed E-state index contributed by atoms with van der Waals surface area (Å²) in [5.41, 5.74) is -0.0663. The number of nitrogens with one attached hydrogen (secondary N) is 1. The van der Waals surface area contributed by atoms with Crippen LogP contribution in [0.25, 0.3) is 0 Å². The summed E-state index contributed by atoms with van der Waals surface area (Å²) in [5.74, 6) is 2.77. The van der Waals surface area contributed by atoms with E-state index < -0.39 is 0 Å². The van der Waals surface area contributed by atoms with E-state index in [9.17, 15) is 0 Å². The van der Waals surface area contributed by atoms with Gasteiger partial charge in [-0.2, -0.15) is 10.2 Å². The molecule has 0 aromatic carbocycles. The van der Waals surface area contributed by atoms with E-state index in [1.54, 1.807) is 6.33 Å². The first-order valence-corrected chi connectivity index (χ1v) is 6.98. The second kappa shape index (κ2) is 5.00. The second-order valence-electron chi connectivity index (χ2n) is 6.92. The van der Waals surface area contributed by atoms with Gasteiger partial charge in [0, 0.05) is 17.4 Å². The normalized spacial score (nSPS) is 12.9. The lowest BCUT2D eigenvalue weighted by Crippen LogP contribution is -2.25. The number of aryl methyl sites for hydroxylation is 2. The summed E-state index contributed by atoms with van der Waals surface area (Å²) in [6.07, 6.45) is 2.48. The van der Waals surface area contributed by atoms with Gasteiger partial charge in [-0.15, -0.1) is 0 Å². The molecule has 0 bridgehead atoms. The molecule has 1 N–H and O–H groups in total. The average Bonchev–Trinajstić information content (AvgIpc) is 2.94. The van der Waals surface area contributed by atoms with Crippen molar-refractivity contribution in [3.63, 3.8) is 0 Å². The van der Waals surface area contributed by atoms with Gasteiger partial charge in [-0.1, -0.05) is 34.6 Å². The number of rotatable bonds is 4. The number of hydrogen-bond donors (Lipinski definition) is 1. The largest absolute Gasteiger partial charge is 0.263 e. The third kappa shape index (κ3) is 3.05. The lowest BCUT2D eigenvalue weighted by Gasteiger charge is -2.23. The standard InChI is InChI=1S/C14H24N6/c1-10-17-12(13(2,3)4)20(19-10)8-7-14(5,6)11-15-9-16-18-11/h9H,7-8H2,1-6H3,(H,15,16,18). The van der Waals surface area contributed by atoms with Gasteiger partial charge >= 0.3 is 0 Å². The van der Waals surface area contributed by atoms with Crippen LogP contribution in [0.5, 0.6) is 0 Å². The Balaban J connectivity index is 2.16. The number of hydrogen-bond acceptors (Lipinski definition) is 4. The van der Waals surface area contributed by atoms with Crippen molar-refractivity contribution in [3.8, 4) is 0 Å². The Kier molecular flexibility index (Phi) is 3.67. The molecule has 0 spiro atoms. The molecule has 0 radical (unpaired) electrons. The summed E-state index contributed by atoms with van der Waals surface area (Å²) in [5, 5.41) is 11.4. The Bertz CT molecular complexity index is 559. The van der Waals surface area contributed by atoms with Crippen LogP contribution in [0.15, 0.2) is 6.33 Å². The zero-order valence-corrected chi connectivity index (χ0v) is 13.2. The van der Waals surface area contributed by atoms with Gasteiger partial charge in [-0.3, -0.25) is 5.10 Å². The minimum atomic E-state index is -0.0640. The fourth-order valence-electron chi connectivity index (χ4n) is 2.20. The summed E-state index contributed by atoms with van der Waals surface area (Å²) in [4.78, 5) is 8.83. The molecule has 0 aliphatic heterocycles. The molecule has 2 aromatic rings. The molecule has 0 aliphatic rings. The molecular formula is C14H24N6. The second-order valence-corrected chi connectivity index (χ2v) is 6.92. The minimum Gasteiger partial charge on any atom is -0.263 e. The number of aromatic nitrogens is 6. The van der Waals surface area contributed by atoms with Gasteiger partial charge in [-0.05, 0) is 13.3 Å². The van der Waals surface area contributed by atoms with Crippen molar-refractivity contribution in [2.45, 2.75) is 65.3 Å². The van der Waals surface area contributed by atoms with E-state index in [1.807, 2.05) is 11.6 Å². The molecule has 0 aliphatic carbocycles. The van der Waals surface area contributed by atoms with E-state index in [2.05, 4.69) is 59.9 Å². The van der Waals surface area contributed by atoms with Gasteiger partial charge in [0.25, 0.3) is 0 Å². The van der Waals surface area contributed by atoms with E-state index in [0.29, 0.717) is 0 Å². The first kappa shape index (κ1) is 14.7. The number of nitrogens with zero attached hydrogens (tertiary/aromatic N) is 5. The van der Waals surface area contributed by atoms with Crippen molar-refractivity contribution in [2.24, 2.45) is 0 Å². The summed E-state index contributed by atoms with van der Waals surface area (Å²) < 4.78 is 2.02.